The summed E-state index contributed by atoms with van der Waals surface area (Å²) in [5, 5.41) is 14.6. The summed E-state index contributed by atoms with van der Waals surface area (Å²) in [7, 11) is 1.45. The number of pyridine rings is 1. The van der Waals surface area contributed by atoms with Crippen molar-refractivity contribution >= 4 is 28.5 Å². The van der Waals surface area contributed by atoms with E-state index < -0.39 is 17.8 Å². The van der Waals surface area contributed by atoms with Crippen molar-refractivity contribution in [2.45, 2.75) is 13.0 Å². The summed E-state index contributed by atoms with van der Waals surface area (Å²) in [6.07, 6.45) is 3.78. The van der Waals surface area contributed by atoms with Crippen LogP contribution in [0.3, 0.4) is 0 Å². The number of ether oxygens (including phenoxy) is 1. The third kappa shape index (κ3) is 4.33. The van der Waals surface area contributed by atoms with Crippen LogP contribution < -0.4 is 4.74 Å². The number of fused-ring (bicyclic) bond motifs is 1. The van der Waals surface area contributed by atoms with Crippen LogP contribution in [0.2, 0.25) is 0 Å². The molecule has 5 rings (SSSR count). The number of nitrogens with zero attached hydrogens (tertiary/aromatic N) is 5. The molecule has 4 heterocycles. The van der Waals surface area contributed by atoms with Gasteiger partial charge < -0.3 is 24.6 Å². The molecule has 1 unspecified atom stereocenters. The molecule has 0 spiro atoms. The van der Waals surface area contributed by atoms with E-state index in [4.69, 9.17) is 4.74 Å². The Morgan fingerprint density at radius 3 is 2.58 bits per heavy atom. The number of hydrogen-bond donors (Lipinski definition) is 2. The Labute approximate surface area is 217 Å². The summed E-state index contributed by atoms with van der Waals surface area (Å²) < 4.78 is 6.92. The van der Waals surface area contributed by atoms with Crippen molar-refractivity contribution in [2.75, 3.05) is 26.7 Å². The number of benzene rings is 1. The lowest BCUT2D eigenvalue weighted by Crippen LogP contribution is -2.50. The van der Waals surface area contributed by atoms with Crippen molar-refractivity contribution in [3.63, 3.8) is 0 Å². The lowest BCUT2D eigenvalue weighted by Gasteiger charge is -2.36. The number of H-pyrrole nitrogens is 1. The van der Waals surface area contributed by atoms with Crippen LogP contribution in [-0.4, -0.2) is 79.0 Å². The third-order valence-corrected chi connectivity index (χ3v) is 6.47. The fraction of sp³-hybridized carbons (Fsp3) is 0.222. The van der Waals surface area contributed by atoms with Gasteiger partial charge >= 0.3 is 0 Å². The first-order valence-electron chi connectivity index (χ1n) is 12.0. The minimum Gasteiger partial charge on any atom is -0.494 e. The number of methoxy groups -OCH3 is 1. The fourth-order valence-corrected chi connectivity index (χ4v) is 4.47. The van der Waals surface area contributed by atoms with Crippen molar-refractivity contribution in [1.82, 2.24) is 29.5 Å². The number of carbonyl (C=O) groups is 3. The molecule has 1 saturated heterocycles. The molecule has 194 valence electrons. The highest BCUT2D eigenvalue weighted by Gasteiger charge is 2.33. The molecule has 1 atom stereocenters. The second kappa shape index (κ2) is 9.94. The predicted octanol–water partition coefficient (Wildman–Crippen LogP) is 2.49. The minimum absolute atomic E-state index is 0.0465. The number of nitrogens with one attached hydrogen (secondary N) is 1. The van der Waals surface area contributed by atoms with E-state index in [2.05, 4.69) is 21.6 Å². The van der Waals surface area contributed by atoms with Crippen LogP contribution in [0.15, 0.2) is 67.3 Å². The van der Waals surface area contributed by atoms with Crippen molar-refractivity contribution < 1.29 is 24.2 Å². The Kier molecular flexibility index (Phi) is 6.52. The van der Waals surface area contributed by atoms with E-state index in [0.717, 1.165) is 0 Å². The minimum atomic E-state index is -0.762. The van der Waals surface area contributed by atoms with Gasteiger partial charge in [-0.3, -0.25) is 14.4 Å². The van der Waals surface area contributed by atoms with E-state index in [-0.39, 0.29) is 31.1 Å². The average Bonchev–Trinajstić information content (AvgIpc) is 3.60. The highest BCUT2D eigenvalue weighted by Crippen LogP contribution is 2.32. The van der Waals surface area contributed by atoms with Gasteiger partial charge in [-0.05, 0) is 25.1 Å². The Hall–Kier alpha value is -4.77. The smallest absolute Gasteiger partial charge is 0.295 e. The van der Waals surface area contributed by atoms with Gasteiger partial charge in [0.25, 0.3) is 17.6 Å². The molecule has 1 aliphatic rings. The average molecular weight is 515 g/mol. The van der Waals surface area contributed by atoms with Crippen LogP contribution in [0.25, 0.3) is 16.7 Å². The Balaban J connectivity index is 1.40. The number of aliphatic hydroxyl groups is 1. The standard InChI is InChI=1S/C27H26N6O5/c1-16-15-31(11-12-32(16)26(36)18-7-5-4-6-8-18)27(37)24(35)19-13-28-23-22(19)21(38-3)14-29-25(23)33-10-9-20(30-33)17(2)34/h4-10,13-14,17,28,34H,1,11-12,15H2,2-3H3. The molecule has 2 amide bonds. The van der Waals surface area contributed by atoms with Crippen molar-refractivity contribution in [3.8, 4) is 11.6 Å². The number of ketones is 1. The van der Waals surface area contributed by atoms with Gasteiger partial charge in [-0.15, -0.1) is 0 Å². The summed E-state index contributed by atoms with van der Waals surface area (Å²) in [6, 6.07) is 10.5. The molecule has 1 aromatic carbocycles. The number of amides is 2. The van der Waals surface area contributed by atoms with Crippen molar-refractivity contribution in [3.05, 3.63) is 84.1 Å². The lowest BCUT2D eigenvalue weighted by molar-refractivity contribution is -0.127. The zero-order chi connectivity index (χ0) is 27.0. The molecule has 1 aliphatic heterocycles. The SMILES string of the molecule is C=C1CN(C(=O)C(=O)c2c[nH]c3c(-n4ccc(C(C)O)n4)ncc(OC)c23)CCN1C(=O)c1ccccc1. The largest absolute Gasteiger partial charge is 0.494 e. The van der Waals surface area contributed by atoms with Crippen LogP contribution in [0.1, 0.15) is 39.4 Å². The maximum absolute atomic E-state index is 13.4. The maximum Gasteiger partial charge on any atom is 0.295 e. The van der Waals surface area contributed by atoms with Gasteiger partial charge in [0.05, 0.1) is 48.1 Å². The predicted molar refractivity (Wildman–Crippen MR) is 138 cm³/mol. The van der Waals surface area contributed by atoms with E-state index >= 15 is 0 Å². The molecule has 3 aromatic heterocycles. The lowest BCUT2D eigenvalue weighted by atomic mass is 10.1. The molecule has 0 bridgehead atoms. The molecule has 11 heteroatoms. The van der Waals surface area contributed by atoms with Gasteiger partial charge in [0.1, 0.15) is 5.75 Å². The van der Waals surface area contributed by atoms with Gasteiger partial charge in [0.2, 0.25) is 0 Å². The van der Waals surface area contributed by atoms with Gasteiger partial charge in [-0.1, -0.05) is 24.8 Å². The summed E-state index contributed by atoms with van der Waals surface area (Å²) in [4.78, 5) is 49.9. The Bertz CT molecular complexity index is 1550. The summed E-state index contributed by atoms with van der Waals surface area (Å²) in [5.41, 5.74) is 1.99. The monoisotopic (exact) mass is 514 g/mol. The van der Waals surface area contributed by atoms with Crippen LogP contribution in [-0.2, 0) is 4.79 Å². The van der Waals surface area contributed by atoms with Crippen LogP contribution in [0.4, 0.5) is 0 Å². The third-order valence-electron chi connectivity index (χ3n) is 6.47. The maximum atomic E-state index is 13.4. The van der Waals surface area contributed by atoms with Gasteiger partial charge in [-0.25, -0.2) is 9.67 Å². The second-order valence-electron chi connectivity index (χ2n) is 8.91. The molecular weight excluding hydrogens is 488 g/mol. The Morgan fingerprint density at radius 1 is 1.16 bits per heavy atom. The number of carbonyl (C=O) groups excluding carboxylic acids is 3. The Morgan fingerprint density at radius 2 is 1.92 bits per heavy atom. The number of Topliss-reactive ketones (excluding diaryl/α,β-unsaturated/α-hetero) is 1. The van der Waals surface area contributed by atoms with Crippen molar-refractivity contribution in [2.24, 2.45) is 0 Å². The van der Waals surface area contributed by atoms with E-state index in [1.165, 1.54) is 34.0 Å². The first-order valence-corrected chi connectivity index (χ1v) is 12.0. The molecule has 11 nitrogen and oxygen atoms in total. The molecule has 2 N–H and O–H groups in total. The summed E-state index contributed by atoms with van der Waals surface area (Å²) in [5.74, 6) is -0.956. The highest BCUT2D eigenvalue weighted by atomic mass is 16.5. The summed E-state index contributed by atoms with van der Waals surface area (Å²) in [6.45, 7) is 6.03. The van der Waals surface area contributed by atoms with Crippen LogP contribution >= 0.6 is 0 Å². The van der Waals surface area contributed by atoms with E-state index in [9.17, 15) is 19.5 Å². The second-order valence-corrected chi connectivity index (χ2v) is 8.91. The van der Waals surface area contributed by atoms with E-state index in [0.29, 0.717) is 39.4 Å². The molecule has 1 fully saturated rings. The zero-order valence-corrected chi connectivity index (χ0v) is 20.9. The van der Waals surface area contributed by atoms with Crippen molar-refractivity contribution in [1.29, 1.82) is 0 Å². The highest BCUT2D eigenvalue weighted by molar-refractivity contribution is 6.45. The molecule has 0 aliphatic carbocycles. The van der Waals surface area contributed by atoms with Gasteiger partial charge in [0.15, 0.2) is 5.82 Å². The number of rotatable bonds is 6. The quantitative estimate of drug-likeness (QED) is 0.298. The van der Waals surface area contributed by atoms with Crippen LogP contribution in [0, 0.1) is 0 Å². The first kappa shape index (κ1) is 24.9. The summed E-state index contributed by atoms with van der Waals surface area (Å²) >= 11 is 0. The topological polar surface area (TPSA) is 134 Å². The normalized spacial score (nSPS) is 14.6. The van der Waals surface area contributed by atoms with Gasteiger partial charge in [-0.2, -0.15) is 5.10 Å². The van der Waals surface area contributed by atoms with E-state index in [1.807, 2.05) is 6.07 Å². The zero-order valence-electron chi connectivity index (χ0n) is 20.9. The number of aliphatic hydroxyl groups excluding tert-OH is 1. The number of aromatic amines is 1. The van der Waals surface area contributed by atoms with Gasteiger partial charge in [0, 0.05) is 36.7 Å². The molecule has 38 heavy (non-hydrogen) atoms. The molecule has 4 aromatic rings. The first-order chi connectivity index (χ1) is 18.3. The molecular formula is C27H26N6O5. The number of hydrogen-bond acceptors (Lipinski definition) is 7. The number of aromatic nitrogens is 4. The molecule has 0 saturated carbocycles. The fourth-order valence-electron chi connectivity index (χ4n) is 4.47. The number of piperazine rings is 1. The van der Waals surface area contributed by atoms with Crippen LogP contribution in [0.5, 0.6) is 5.75 Å². The molecule has 0 radical (unpaired) electrons. The van der Waals surface area contributed by atoms with E-state index in [1.54, 1.807) is 43.5 Å².